The number of carbonyl (C=O) groups is 1. The zero-order valence-corrected chi connectivity index (χ0v) is 10.4. The lowest BCUT2D eigenvalue weighted by atomic mass is 9.94. The molecule has 15 heavy (non-hydrogen) atoms. The van der Waals surface area contributed by atoms with Crippen molar-refractivity contribution < 1.29 is 4.79 Å². The van der Waals surface area contributed by atoms with Gasteiger partial charge in [0.1, 0.15) is 5.54 Å². The quantitative estimate of drug-likeness (QED) is 0.689. The van der Waals surface area contributed by atoms with Crippen LogP contribution in [0.15, 0.2) is 0 Å². The minimum absolute atomic E-state index is 0.204. The topological polar surface area (TPSA) is 41.1 Å². The number of terminal acetylenes is 1. The van der Waals surface area contributed by atoms with Crippen molar-refractivity contribution in [1.82, 2.24) is 10.6 Å². The van der Waals surface area contributed by atoms with Crippen molar-refractivity contribution in [2.75, 3.05) is 0 Å². The molecule has 0 rings (SSSR count). The summed E-state index contributed by atoms with van der Waals surface area (Å²) in [5.74, 6) is 2.66. The number of carbonyl (C=O) groups excluding carboxylic acids is 1. The molecule has 2 N–H and O–H groups in total. The number of hydrogen-bond acceptors (Lipinski definition) is 1. The van der Waals surface area contributed by atoms with Crippen molar-refractivity contribution in [3.63, 3.8) is 0 Å². The molecule has 0 fully saturated rings. The fourth-order valence-electron chi connectivity index (χ4n) is 1.26. The average Bonchev–Trinajstić information content (AvgIpc) is 2.11. The third-order valence-electron chi connectivity index (χ3n) is 2.32. The van der Waals surface area contributed by atoms with Crippen LogP contribution in [0.5, 0.6) is 0 Å². The molecule has 0 aliphatic heterocycles. The molecule has 0 aromatic carbocycles. The first-order valence-electron chi connectivity index (χ1n) is 5.36. The van der Waals surface area contributed by atoms with Crippen LogP contribution in [-0.4, -0.2) is 17.1 Å². The number of urea groups is 1. The molecule has 0 aromatic rings. The summed E-state index contributed by atoms with van der Waals surface area (Å²) in [5.41, 5.74) is -0.763. The largest absolute Gasteiger partial charge is 0.334 e. The highest BCUT2D eigenvalue weighted by molar-refractivity contribution is 5.76. The molecule has 0 heterocycles. The van der Waals surface area contributed by atoms with E-state index in [-0.39, 0.29) is 11.6 Å². The molecule has 0 saturated heterocycles. The second-order valence-electron chi connectivity index (χ2n) is 4.76. The Morgan fingerprint density at radius 2 is 1.67 bits per heavy atom. The molecule has 3 nitrogen and oxygen atoms in total. The lowest BCUT2D eigenvalue weighted by Crippen LogP contribution is -2.54. The van der Waals surface area contributed by atoms with E-state index < -0.39 is 5.54 Å². The molecule has 3 heteroatoms. The molecule has 86 valence electrons. The van der Waals surface area contributed by atoms with Crippen molar-refractivity contribution in [2.45, 2.75) is 58.5 Å². The summed E-state index contributed by atoms with van der Waals surface area (Å²) >= 11 is 0. The molecule has 0 saturated carbocycles. The molecule has 0 radical (unpaired) electrons. The normalized spacial score (nSPS) is 11.7. The molecule has 0 spiro atoms. The fraction of sp³-hybridized carbons (Fsp3) is 0.750. The Labute approximate surface area is 93.0 Å². The van der Waals surface area contributed by atoms with E-state index in [0.29, 0.717) is 0 Å². The predicted molar refractivity (Wildman–Crippen MR) is 63.6 cm³/mol. The second-order valence-corrected chi connectivity index (χ2v) is 4.76. The van der Waals surface area contributed by atoms with Crippen LogP contribution in [0.25, 0.3) is 0 Å². The molecular formula is C12H22N2O. The van der Waals surface area contributed by atoms with E-state index in [1.54, 1.807) is 0 Å². The van der Waals surface area contributed by atoms with E-state index in [1.165, 1.54) is 0 Å². The maximum absolute atomic E-state index is 11.6. The fourth-order valence-corrected chi connectivity index (χ4v) is 1.26. The van der Waals surface area contributed by atoms with E-state index in [9.17, 15) is 4.79 Å². The molecule has 0 atom stereocenters. The van der Waals surface area contributed by atoms with Gasteiger partial charge < -0.3 is 10.6 Å². The lowest BCUT2D eigenvalue weighted by molar-refractivity contribution is 0.221. The molecule has 0 unspecified atom stereocenters. The predicted octanol–water partition coefficient (Wildman–Crippen LogP) is 2.28. The number of rotatable bonds is 3. The summed E-state index contributed by atoms with van der Waals surface area (Å²) in [5, 5.41) is 5.68. The smallest absolute Gasteiger partial charge is 0.316 e. The molecular weight excluding hydrogens is 188 g/mol. The highest BCUT2D eigenvalue weighted by Gasteiger charge is 2.26. The zero-order valence-electron chi connectivity index (χ0n) is 10.4. The van der Waals surface area contributed by atoms with Crippen LogP contribution in [-0.2, 0) is 0 Å². The monoisotopic (exact) mass is 210 g/mol. The summed E-state index contributed by atoms with van der Waals surface area (Å²) in [6.07, 6.45) is 6.92. The Hall–Kier alpha value is -1.17. The van der Waals surface area contributed by atoms with Gasteiger partial charge in [0, 0.05) is 5.54 Å². The standard InChI is InChI=1S/C12H22N2O/c1-7-12(8-2,9-3)14-10(15)13-11(4,5)6/h1H,8-9H2,2-6H3,(H2,13,14,15). The van der Waals surface area contributed by atoms with Crippen molar-refractivity contribution in [3.05, 3.63) is 0 Å². The minimum atomic E-state index is -0.519. The van der Waals surface area contributed by atoms with Crippen molar-refractivity contribution in [2.24, 2.45) is 0 Å². The lowest BCUT2D eigenvalue weighted by Gasteiger charge is -2.29. The molecule has 0 aliphatic carbocycles. The van der Waals surface area contributed by atoms with E-state index in [2.05, 4.69) is 16.6 Å². The summed E-state index contributed by atoms with van der Waals surface area (Å²) in [7, 11) is 0. The van der Waals surface area contributed by atoms with Crippen LogP contribution in [0.3, 0.4) is 0 Å². The third kappa shape index (κ3) is 4.73. The van der Waals surface area contributed by atoms with Crippen molar-refractivity contribution in [3.8, 4) is 12.3 Å². The maximum atomic E-state index is 11.6. The van der Waals surface area contributed by atoms with Gasteiger partial charge in [0.15, 0.2) is 0 Å². The highest BCUT2D eigenvalue weighted by atomic mass is 16.2. The summed E-state index contributed by atoms with van der Waals surface area (Å²) in [6.45, 7) is 9.74. The van der Waals surface area contributed by atoms with Crippen molar-refractivity contribution >= 4 is 6.03 Å². The summed E-state index contributed by atoms with van der Waals surface area (Å²) in [4.78, 5) is 11.6. The SMILES string of the molecule is C#CC(CC)(CC)NC(=O)NC(C)(C)C. The van der Waals surface area contributed by atoms with Crippen LogP contribution in [0.1, 0.15) is 47.5 Å². The van der Waals surface area contributed by atoms with Crippen molar-refractivity contribution in [1.29, 1.82) is 0 Å². The number of nitrogens with one attached hydrogen (secondary N) is 2. The third-order valence-corrected chi connectivity index (χ3v) is 2.32. The van der Waals surface area contributed by atoms with Crippen LogP contribution < -0.4 is 10.6 Å². The van der Waals surface area contributed by atoms with Crippen LogP contribution >= 0.6 is 0 Å². The van der Waals surface area contributed by atoms with E-state index in [0.717, 1.165) is 12.8 Å². The molecule has 0 bridgehead atoms. The maximum Gasteiger partial charge on any atom is 0.316 e. The first kappa shape index (κ1) is 13.8. The second kappa shape index (κ2) is 5.06. The van der Waals surface area contributed by atoms with E-state index in [4.69, 9.17) is 6.42 Å². The van der Waals surface area contributed by atoms with Crippen LogP contribution in [0.2, 0.25) is 0 Å². The number of hydrogen-bond donors (Lipinski definition) is 2. The van der Waals surface area contributed by atoms with Gasteiger partial charge in [-0.1, -0.05) is 19.8 Å². The Morgan fingerprint density at radius 3 is 1.93 bits per heavy atom. The molecule has 0 aromatic heterocycles. The highest BCUT2D eigenvalue weighted by Crippen LogP contribution is 2.13. The van der Waals surface area contributed by atoms with Gasteiger partial charge in [-0.2, -0.15) is 0 Å². The van der Waals surface area contributed by atoms with Gasteiger partial charge in [0.25, 0.3) is 0 Å². The first-order valence-corrected chi connectivity index (χ1v) is 5.36. The Bertz CT molecular complexity index is 254. The van der Waals surface area contributed by atoms with Gasteiger partial charge in [-0.25, -0.2) is 4.79 Å². The Kier molecular flexibility index (Phi) is 4.67. The molecule has 0 aliphatic rings. The molecule has 2 amide bonds. The van der Waals surface area contributed by atoms with Gasteiger partial charge in [-0.3, -0.25) is 0 Å². The summed E-state index contributed by atoms with van der Waals surface area (Å²) in [6, 6.07) is -0.204. The Morgan fingerprint density at radius 1 is 1.20 bits per heavy atom. The van der Waals surface area contributed by atoms with Crippen LogP contribution in [0.4, 0.5) is 4.79 Å². The first-order chi connectivity index (χ1) is 6.78. The van der Waals surface area contributed by atoms with Gasteiger partial charge in [-0.05, 0) is 33.6 Å². The van der Waals surface area contributed by atoms with Gasteiger partial charge in [0.05, 0.1) is 0 Å². The average molecular weight is 210 g/mol. The zero-order chi connectivity index (χ0) is 12.1. The van der Waals surface area contributed by atoms with E-state index in [1.807, 2.05) is 34.6 Å². The van der Waals surface area contributed by atoms with E-state index >= 15 is 0 Å². The van der Waals surface area contributed by atoms with Crippen LogP contribution in [0, 0.1) is 12.3 Å². The van der Waals surface area contributed by atoms with Gasteiger partial charge in [-0.15, -0.1) is 6.42 Å². The van der Waals surface area contributed by atoms with Gasteiger partial charge >= 0.3 is 6.03 Å². The minimum Gasteiger partial charge on any atom is -0.334 e. The summed E-state index contributed by atoms with van der Waals surface area (Å²) < 4.78 is 0. The Balaban J connectivity index is 4.45. The van der Waals surface area contributed by atoms with Gasteiger partial charge in [0.2, 0.25) is 0 Å². The number of amides is 2.